The molecule has 4 aliphatic rings. The average Bonchev–Trinajstić information content (AvgIpc) is 3.65. The number of ether oxygens (including phenoxy) is 2. The van der Waals surface area contributed by atoms with Crippen LogP contribution >= 0.6 is 23.5 Å². The third kappa shape index (κ3) is 9.93. The summed E-state index contributed by atoms with van der Waals surface area (Å²) in [4.78, 5) is 75.5. The van der Waals surface area contributed by atoms with E-state index in [4.69, 9.17) is 9.47 Å². The maximum absolute atomic E-state index is 12.9. The number of nitrogens with one attached hydrogen (secondary N) is 8. The summed E-state index contributed by atoms with van der Waals surface area (Å²) in [6, 6.07) is -0.401. The van der Waals surface area contributed by atoms with Crippen LogP contribution in [-0.4, -0.2) is 110 Å². The number of amides is 6. The zero-order valence-corrected chi connectivity index (χ0v) is 26.2. The first kappa shape index (κ1) is 34.2. The van der Waals surface area contributed by atoms with Crippen molar-refractivity contribution >= 4 is 59.3 Å². The number of hydrogen-bond acceptors (Lipinski definition) is 14. The molecule has 18 heteroatoms. The summed E-state index contributed by atoms with van der Waals surface area (Å²) in [5.41, 5.74) is 0. The predicted octanol–water partition coefficient (Wildman–Crippen LogP) is -1.66. The van der Waals surface area contributed by atoms with Gasteiger partial charge in [0.25, 0.3) is 0 Å². The quantitative estimate of drug-likeness (QED) is 0.132. The van der Waals surface area contributed by atoms with E-state index >= 15 is 0 Å². The molecule has 0 aliphatic carbocycles. The van der Waals surface area contributed by atoms with Crippen molar-refractivity contribution in [2.45, 2.75) is 54.6 Å². The third-order valence-corrected chi connectivity index (χ3v) is 10.6. The molecular formula is C26H42N8O8S2. The molecule has 0 aromatic heterocycles. The fraction of sp³-hybridized carbons (Fsp3) is 0.769. The number of thioether (sulfide) groups is 2. The van der Waals surface area contributed by atoms with Gasteiger partial charge in [0, 0.05) is 31.7 Å². The summed E-state index contributed by atoms with van der Waals surface area (Å²) in [6.45, 7) is 4.64. The van der Waals surface area contributed by atoms with Gasteiger partial charge in [-0.2, -0.15) is 0 Å². The molecule has 6 atom stereocenters. The Morgan fingerprint density at radius 1 is 0.795 bits per heavy atom. The molecular weight excluding hydrogens is 616 g/mol. The third-order valence-electron chi connectivity index (χ3n) is 7.76. The van der Waals surface area contributed by atoms with E-state index in [1.54, 1.807) is 6.92 Å². The minimum Gasteiger partial charge on any atom is -0.450 e. The lowest BCUT2D eigenvalue weighted by Gasteiger charge is -2.26. The lowest BCUT2D eigenvalue weighted by Crippen LogP contribution is -2.55. The summed E-state index contributed by atoms with van der Waals surface area (Å²) in [5, 5.41) is 21.6. The van der Waals surface area contributed by atoms with Gasteiger partial charge in [-0.05, 0) is 44.9 Å². The molecule has 4 fully saturated rings. The Balaban J connectivity index is 1.23. The maximum Gasteiger partial charge on any atom is 0.413 e. The van der Waals surface area contributed by atoms with Gasteiger partial charge in [0.1, 0.15) is 0 Å². The largest absolute Gasteiger partial charge is 0.450 e. The number of carbonyl (C=O) groups excluding carboxylic acids is 6. The highest BCUT2D eigenvalue weighted by molar-refractivity contribution is 8.00. The van der Waals surface area contributed by atoms with Crippen LogP contribution in [0.1, 0.15) is 32.6 Å². The van der Waals surface area contributed by atoms with Gasteiger partial charge in [-0.3, -0.25) is 35.1 Å². The highest BCUT2D eigenvalue weighted by Gasteiger charge is 2.42. The standard InChI is InChI=1S/C26H42N8O8S2/c1-2-41-25(39)34-21(37)17-9-15(44-24(17)32-22(38)18-3-6-27-13-30-18)4-7-42-26(40)33-20(36)16-5-8-43-23(16)31-19(35)14-10-28-12-29-11-14/h14-18,23-24,27-30H,2-13H2,1H3,(H,31,35)(H,32,38)(H,33,36,40)(H,34,37,39). The molecule has 6 unspecified atom stereocenters. The maximum atomic E-state index is 12.9. The van der Waals surface area contributed by atoms with Gasteiger partial charge in [0.2, 0.25) is 23.6 Å². The number of imide groups is 2. The number of carbonyl (C=O) groups is 6. The van der Waals surface area contributed by atoms with Gasteiger partial charge in [0.05, 0.1) is 47.8 Å². The molecule has 246 valence electrons. The molecule has 8 N–H and O–H groups in total. The zero-order chi connectivity index (χ0) is 31.5. The Bertz CT molecular complexity index is 1060. The van der Waals surface area contributed by atoms with E-state index in [0.717, 1.165) is 0 Å². The van der Waals surface area contributed by atoms with E-state index in [1.165, 1.54) is 23.5 Å². The number of rotatable bonds is 10. The second kappa shape index (κ2) is 17.2. The molecule has 0 aromatic rings. The Hall–Kier alpha value is -2.64. The number of hydrogen-bond donors (Lipinski definition) is 8. The first-order valence-corrected chi connectivity index (χ1v) is 16.9. The van der Waals surface area contributed by atoms with Crippen LogP contribution in [0.4, 0.5) is 9.59 Å². The molecule has 4 rings (SSSR count). The Labute approximate surface area is 264 Å². The topological polar surface area (TPSA) is 217 Å². The van der Waals surface area contributed by atoms with Crippen LogP contribution in [-0.2, 0) is 28.7 Å². The van der Waals surface area contributed by atoms with Crippen molar-refractivity contribution in [3.63, 3.8) is 0 Å². The van der Waals surface area contributed by atoms with Crippen LogP contribution in [0.25, 0.3) is 0 Å². The van der Waals surface area contributed by atoms with Crippen molar-refractivity contribution in [2.24, 2.45) is 17.8 Å². The molecule has 16 nitrogen and oxygen atoms in total. The Morgan fingerprint density at radius 3 is 2.20 bits per heavy atom. The molecule has 44 heavy (non-hydrogen) atoms. The minimum absolute atomic E-state index is 0.0270. The van der Waals surface area contributed by atoms with E-state index < -0.39 is 52.6 Å². The molecule has 4 saturated heterocycles. The van der Waals surface area contributed by atoms with Crippen LogP contribution in [0.5, 0.6) is 0 Å². The molecule has 0 bridgehead atoms. The van der Waals surface area contributed by atoms with Gasteiger partial charge in [-0.15, -0.1) is 23.5 Å². The van der Waals surface area contributed by atoms with Crippen molar-refractivity contribution in [3.05, 3.63) is 0 Å². The van der Waals surface area contributed by atoms with Crippen molar-refractivity contribution < 1.29 is 38.2 Å². The van der Waals surface area contributed by atoms with Gasteiger partial charge in [-0.25, -0.2) is 9.59 Å². The molecule has 4 heterocycles. The first-order valence-electron chi connectivity index (χ1n) is 14.9. The van der Waals surface area contributed by atoms with Gasteiger partial charge in [0.15, 0.2) is 0 Å². The normalized spacial score (nSPS) is 28.8. The molecule has 0 saturated carbocycles. The van der Waals surface area contributed by atoms with E-state index in [2.05, 4.69) is 42.5 Å². The van der Waals surface area contributed by atoms with Gasteiger partial charge < -0.3 is 36.1 Å². The zero-order valence-electron chi connectivity index (χ0n) is 24.6. The lowest BCUT2D eigenvalue weighted by atomic mass is 10.0. The van der Waals surface area contributed by atoms with E-state index in [9.17, 15) is 28.8 Å². The van der Waals surface area contributed by atoms with E-state index in [-0.39, 0.29) is 36.2 Å². The van der Waals surface area contributed by atoms with Crippen molar-refractivity contribution in [1.82, 2.24) is 42.5 Å². The number of alkyl carbamates (subject to hydrolysis) is 2. The molecule has 0 spiro atoms. The van der Waals surface area contributed by atoms with E-state index in [1.807, 2.05) is 0 Å². The summed E-state index contributed by atoms with van der Waals surface area (Å²) in [7, 11) is 0. The van der Waals surface area contributed by atoms with Gasteiger partial charge in [-0.1, -0.05) is 0 Å². The minimum atomic E-state index is -0.890. The van der Waals surface area contributed by atoms with Crippen molar-refractivity contribution in [2.75, 3.05) is 51.9 Å². The van der Waals surface area contributed by atoms with Crippen LogP contribution in [0.15, 0.2) is 0 Å². The summed E-state index contributed by atoms with van der Waals surface area (Å²) >= 11 is 2.83. The average molecular weight is 659 g/mol. The highest BCUT2D eigenvalue weighted by atomic mass is 32.2. The highest BCUT2D eigenvalue weighted by Crippen LogP contribution is 2.39. The predicted molar refractivity (Wildman–Crippen MR) is 162 cm³/mol. The molecule has 6 amide bonds. The lowest BCUT2D eigenvalue weighted by molar-refractivity contribution is -0.128. The second-order valence-corrected chi connectivity index (χ2v) is 13.5. The molecule has 4 aliphatic heterocycles. The summed E-state index contributed by atoms with van der Waals surface area (Å²) in [5.74, 6) is -2.28. The van der Waals surface area contributed by atoms with Crippen LogP contribution in [0, 0.1) is 17.8 Å². The van der Waals surface area contributed by atoms with Crippen LogP contribution in [0.2, 0.25) is 0 Å². The smallest absolute Gasteiger partial charge is 0.413 e. The fourth-order valence-corrected chi connectivity index (χ4v) is 8.31. The first-order chi connectivity index (χ1) is 21.2. The summed E-state index contributed by atoms with van der Waals surface area (Å²) in [6.07, 6.45) is 0.0525. The Kier molecular flexibility index (Phi) is 13.4. The monoisotopic (exact) mass is 658 g/mol. The van der Waals surface area contributed by atoms with Crippen molar-refractivity contribution in [1.29, 1.82) is 0 Å². The second-order valence-electron chi connectivity index (χ2n) is 10.9. The van der Waals surface area contributed by atoms with Gasteiger partial charge >= 0.3 is 12.2 Å². The van der Waals surface area contributed by atoms with Crippen LogP contribution < -0.4 is 42.5 Å². The molecule has 0 radical (unpaired) electrons. The Morgan fingerprint density at radius 2 is 1.50 bits per heavy atom. The van der Waals surface area contributed by atoms with Crippen LogP contribution in [0.3, 0.4) is 0 Å². The van der Waals surface area contributed by atoms with Crippen molar-refractivity contribution in [3.8, 4) is 0 Å². The fourth-order valence-electron chi connectivity index (χ4n) is 5.40. The van der Waals surface area contributed by atoms with E-state index in [0.29, 0.717) is 64.4 Å². The summed E-state index contributed by atoms with van der Waals surface area (Å²) < 4.78 is 10.1. The molecule has 0 aromatic carbocycles. The SMILES string of the molecule is CCOC(=O)NC(=O)C1CC(CCOC(=O)NC(=O)C2CCSC2NC(=O)C2CNCNC2)SC1NC(=O)C1CCNCN1.